The second-order valence-corrected chi connectivity index (χ2v) is 3.90. The van der Waals surface area contributed by atoms with Crippen molar-refractivity contribution >= 4 is 21.5 Å². The zero-order valence-electron chi connectivity index (χ0n) is 8.62. The Kier molecular flexibility index (Phi) is 1.75. The van der Waals surface area contributed by atoms with Crippen LogP contribution in [0.1, 0.15) is 5.56 Å². The highest BCUT2D eigenvalue weighted by Gasteiger charge is 1.99. The van der Waals surface area contributed by atoms with Crippen molar-refractivity contribution in [1.82, 2.24) is 0 Å². The van der Waals surface area contributed by atoms with Crippen LogP contribution in [0.15, 0.2) is 48.5 Å². The molecule has 0 aliphatic carbocycles. The lowest BCUT2D eigenvalue weighted by atomic mass is 10.0. The molecule has 71 valence electrons. The lowest BCUT2D eigenvalue weighted by Gasteiger charge is -2.03. The van der Waals surface area contributed by atoms with Gasteiger partial charge in [-0.2, -0.15) is 0 Å². The molecule has 0 spiro atoms. The lowest BCUT2D eigenvalue weighted by Crippen LogP contribution is -1.79. The van der Waals surface area contributed by atoms with Crippen LogP contribution < -0.4 is 0 Å². The molecule has 0 saturated carbocycles. The van der Waals surface area contributed by atoms with E-state index in [0.29, 0.717) is 0 Å². The van der Waals surface area contributed by atoms with Gasteiger partial charge in [0.05, 0.1) is 0 Å². The lowest BCUT2D eigenvalue weighted by molar-refractivity contribution is 1.54. The maximum Gasteiger partial charge on any atom is -0.00116 e. The molecule has 0 heteroatoms. The summed E-state index contributed by atoms with van der Waals surface area (Å²) < 4.78 is 0. The normalized spacial score (nSPS) is 11.0. The van der Waals surface area contributed by atoms with Crippen molar-refractivity contribution in [2.75, 3.05) is 0 Å². The van der Waals surface area contributed by atoms with E-state index in [9.17, 15) is 0 Å². The zero-order valence-corrected chi connectivity index (χ0v) is 8.62. The summed E-state index contributed by atoms with van der Waals surface area (Å²) in [6, 6.07) is 20.5. The summed E-state index contributed by atoms with van der Waals surface area (Å²) >= 11 is 0. The second-order valence-electron chi connectivity index (χ2n) is 3.90. The summed E-state index contributed by atoms with van der Waals surface area (Å²) in [5, 5.41) is 4.96. The second kappa shape index (κ2) is 3.09. The Hall–Kier alpha value is -1.82. The van der Waals surface area contributed by atoms with E-state index in [0.717, 1.165) is 0 Å². The number of aryl methyl sites for hydroxylation is 1. The van der Waals surface area contributed by atoms with Gasteiger partial charge in [-0.05, 0) is 46.2 Å². The Morgan fingerprint density at radius 2 is 1.67 bits per heavy atom. The van der Waals surface area contributed by atoms with E-state index in [4.69, 9.17) is 0 Å². The standard InChI is InChI=1S/C15H11/c1-11-5-4-8-14-9-12-6-2-3-7-13(12)10-15(11)14/h2-9H,1H3. The predicted octanol–water partition coefficient (Wildman–Crippen LogP) is 4.10. The molecular weight excluding hydrogens is 180 g/mol. The van der Waals surface area contributed by atoms with Crippen molar-refractivity contribution in [1.29, 1.82) is 0 Å². The summed E-state index contributed by atoms with van der Waals surface area (Å²) in [7, 11) is 0. The van der Waals surface area contributed by atoms with Crippen LogP contribution >= 0.6 is 0 Å². The first-order chi connectivity index (χ1) is 7.34. The van der Waals surface area contributed by atoms with Gasteiger partial charge in [0.25, 0.3) is 0 Å². The first-order valence-electron chi connectivity index (χ1n) is 5.15. The van der Waals surface area contributed by atoms with Crippen molar-refractivity contribution in [3.8, 4) is 0 Å². The predicted molar refractivity (Wildman–Crippen MR) is 65.0 cm³/mol. The van der Waals surface area contributed by atoms with Gasteiger partial charge in [0.2, 0.25) is 0 Å². The van der Waals surface area contributed by atoms with Gasteiger partial charge in [-0.25, -0.2) is 0 Å². The third kappa shape index (κ3) is 1.30. The molecule has 0 aromatic heterocycles. The van der Waals surface area contributed by atoms with Gasteiger partial charge in [-0.15, -0.1) is 0 Å². The minimum atomic E-state index is 1.19. The number of hydrogen-bond acceptors (Lipinski definition) is 0. The van der Waals surface area contributed by atoms with Crippen LogP contribution in [0.5, 0.6) is 0 Å². The topological polar surface area (TPSA) is 0 Å². The van der Waals surface area contributed by atoms with E-state index in [1.54, 1.807) is 0 Å². The van der Waals surface area contributed by atoms with Crippen LogP contribution in [0, 0.1) is 13.0 Å². The van der Waals surface area contributed by atoms with Crippen LogP contribution in [-0.4, -0.2) is 0 Å². The SMILES string of the molecule is Cc1cccc2cc3ccccc3[c]c12. The largest absolute Gasteiger partial charge is 0.0616 e. The molecule has 3 aromatic carbocycles. The molecule has 0 unspecified atom stereocenters. The Balaban J connectivity index is 2.53. The van der Waals surface area contributed by atoms with Gasteiger partial charge in [0.15, 0.2) is 0 Å². The monoisotopic (exact) mass is 191 g/mol. The third-order valence-corrected chi connectivity index (χ3v) is 2.84. The van der Waals surface area contributed by atoms with Gasteiger partial charge in [0.1, 0.15) is 0 Å². The first-order valence-corrected chi connectivity index (χ1v) is 5.15. The molecule has 1 radical (unpaired) electrons. The summed E-state index contributed by atoms with van der Waals surface area (Å²) in [4.78, 5) is 0. The fourth-order valence-corrected chi connectivity index (χ4v) is 2.02. The van der Waals surface area contributed by atoms with Gasteiger partial charge in [-0.1, -0.05) is 42.5 Å². The van der Waals surface area contributed by atoms with Gasteiger partial charge < -0.3 is 0 Å². The molecule has 0 fully saturated rings. The van der Waals surface area contributed by atoms with Crippen molar-refractivity contribution in [2.45, 2.75) is 6.92 Å². The number of benzene rings is 3. The van der Waals surface area contributed by atoms with E-state index >= 15 is 0 Å². The van der Waals surface area contributed by atoms with Crippen molar-refractivity contribution < 1.29 is 0 Å². The van der Waals surface area contributed by atoms with Crippen molar-refractivity contribution in [2.24, 2.45) is 0 Å². The highest BCUT2D eigenvalue weighted by atomic mass is 14.0. The minimum absolute atomic E-state index is 1.19. The smallest absolute Gasteiger partial charge is 0.00116 e. The summed E-state index contributed by atoms with van der Waals surface area (Å²) in [6.07, 6.45) is 0. The van der Waals surface area contributed by atoms with Crippen LogP contribution in [0.25, 0.3) is 21.5 Å². The molecule has 0 heterocycles. The van der Waals surface area contributed by atoms with Crippen molar-refractivity contribution in [3.63, 3.8) is 0 Å². The Morgan fingerprint density at radius 1 is 0.867 bits per heavy atom. The van der Waals surface area contributed by atoms with E-state index in [-0.39, 0.29) is 0 Å². The van der Waals surface area contributed by atoms with E-state index in [1.807, 2.05) is 0 Å². The molecule has 0 nitrogen and oxygen atoms in total. The molecular formula is C15H11. The van der Waals surface area contributed by atoms with Gasteiger partial charge in [-0.3, -0.25) is 0 Å². The third-order valence-electron chi connectivity index (χ3n) is 2.84. The molecule has 0 atom stereocenters. The summed E-state index contributed by atoms with van der Waals surface area (Å²) in [5.74, 6) is 0. The highest BCUT2D eigenvalue weighted by molar-refractivity contribution is 5.98. The molecule has 0 saturated heterocycles. The molecule has 0 aliphatic rings. The van der Waals surface area contributed by atoms with Crippen LogP contribution in [-0.2, 0) is 0 Å². The first kappa shape index (κ1) is 8.49. The Morgan fingerprint density at radius 3 is 2.60 bits per heavy atom. The zero-order chi connectivity index (χ0) is 10.3. The van der Waals surface area contributed by atoms with Gasteiger partial charge in [0, 0.05) is 0 Å². The summed E-state index contributed by atoms with van der Waals surface area (Å²) in [5.41, 5.74) is 1.29. The molecule has 3 rings (SSSR count). The van der Waals surface area contributed by atoms with Crippen LogP contribution in [0.2, 0.25) is 0 Å². The van der Waals surface area contributed by atoms with E-state index < -0.39 is 0 Å². The Labute approximate surface area is 89.2 Å². The number of fused-ring (bicyclic) bond motifs is 2. The molecule has 0 N–H and O–H groups in total. The molecule has 0 amide bonds. The van der Waals surface area contributed by atoms with Crippen LogP contribution in [0.3, 0.4) is 0 Å². The number of hydrogen-bond donors (Lipinski definition) is 0. The fourth-order valence-electron chi connectivity index (χ4n) is 2.02. The highest BCUT2D eigenvalue weighted by Crippen LogP contribution is 2.24. The molecule has 15 heavy (non-hydrogen) atoms. The fraction of sp³-hybridized carbons (Fsp3) is 0.0667. The van der Waals surface area contributed by atoms with E-state index in [1.165, 1.54) is 27.1 Å². The maximum absolute atomic E-state index is 3.48. The van der Waals surface area contributed by atoms with Gasteiger partial charge >= 0.3 is 0 Å². The van der Waals surface area contributed by atoms with E-state index in [2.05, 4.69) is 61.5 Å². The average Bonchev–Trinajstić information content (AvgIpc) is 2.27. The Bertz CT molecular complexity index is 636. The molecule has 0 aliphatic heterocycles. The number of rotatable bonds is 0. The quantitative estimate of drug-likeness (QED) is 0.469. The molecule has 0 bridgehead atoms. The molecule has 3 aromatic rings. The summed E-state index contributed by atoms with van der Waals surface area (Å²) in [6.45, 7) is 2.13. The minimum Gasteiger partial charge on any atom is -0.0616 e. The average molecular weight is 191 g/mol. The van der Waals surface area contributed by atoms with Crippen molar-refractivity contribution in [3.05, 3.63) is 60.2 Å². The maximum atomic E-state index is 3.48. The van der Waals surface area contributed by atoms with Crippen LogP contribution in [0.4, 0.5) is 0 Å².